The van der Waals surface area contributed by atoms with Crippen molar-refractivity contribution < 1.29 is 9.53 Å². The van der Waals surface area contributed by atoms with Crippen molar-refractivity contribution in [2.45, 2.75) is 6.54 Å². The summed E-state index contributed by atoms with van der Waals surface area (Å²) in [5.74, 6) is -0.529. The first-order valence-electron chi connectivity index (χ1n) is 7.67. The van der Waals surface area contributed by atoms with Crippen LogP contribution in [0.25, 0.3) is 11.2 Å². The molecule has 0 aliphatic carbocycles. The molecule has 0 aliphatic rings. The summed E-state index contributed by atoms with van der Waals surface area (Å²) in [6.45, 7) is 0.994. The van der Waals surface area contributed by atoms with E-state index in [4.69, 9.17) is 10.5 Å². The zero-order chi connectivity index (χ0) is 17.8. The molecule has 9 heteroatoms. The number of nitrogens with one attached hydrogen (secondary N) is 2. The molecule has 0 atom stereocenters. The van der Waals surface area contributed by atoms with E-state index < -0.39 is 5.91 Å². The second kappa shape index (κ2) is 7.14. The van der Waals surface area contributed by atoms with Gasteiger partial charge in [0.15, 0.2) is 11.5 Å². The maximum atomic E-state index is 12.3. The molecule has 1 amide bonds. The molecule has 0 unspecified atom stereocenters. The van der Waals surface area contributed by atoms with Crippen molar-refractivity contribution in [1.29, 1.82) is 0 Å². The van der Waals surface area contributed by atoms with Crippen molar-refractivity contribution in [2.24, 2.45) is 0 Å². The summed E-state index contributed by atoms with van der Waals surface area (Å²) in [6, 6.07) is 9.45. The van der Waals surface area contributed by atoms with Crippen LogP contribution in [0.5, 0.6) is 0 Å². The van der Waals surface area contributed by atoms with E-state index in [1.165, 1.54) is 11.7 Å². The van der Waals surface area contributed by atoms with Gasteiger partial charge < -0.3 is 20.8 Å². The molecule has 2 aromatic heterocycles. The molecule has 9 nitrogen and oxygen atoms in total. The lowest BCUT2D eigenvalue weighted by Crippen LogP contribution is -2.29. The Morgan fingerprint density at radius 2 is 2.08 bits per heavy atom. The van der Waals surface area contributed by atoms with Crippen molar-refractivity contribution in [2.75, 3.05) is 26.0 Å². The Hall–Kier alpha value is -3.20. The third kappa shape index (κ3) is 3.50. The summed E-state index contributed by atoms with van der Waals surface area (Å²) >= 11 is 0. The number of amides is 1. The van der Waals surface area contributed by atoms with Gasteiger partial charge in [0.2, 0.25) is 5.82 Å². The molecule has 2 heterocycles. The summed E-state index contributed by atoms with van der Waals surface area (Å²) < 4.78 is 6.31. The van der Waals surface area contributed by atoms with E-state index in [0.29, 0.717) is 30.9 Å². The number of hydrogen-bond donors (Lipinski definition) is 3. The highest BCUT2D eigenvalue weighted by atomic mass is 16.5. The van der Waals surface area contributed by atoms with Crippen LogP contribution in [0.2, 0.25) is 0 Å². The fourth-order valence-electron chi connectivity index (χ4n) is 2.41. The van der Waals surface area contributed by atoms with Crippen LogP contribution < -0.4 is 16.7 Å². The van der Waals surface area contributed by atoms with E-state index in [2.05, 4.69) is 20.3 Å². The number of nitrogens with zero attached hydrogens (tertiary/aromatic N) is 3. The van der Waals surface area contributed by atoms with Gasteiger partial charge in [0.25, 0.3) is 5.91 Å². The van der Waals surface area contributed by atoms with Crippen LogP contribution in [-0.2, 0) is 11.3 Å². The number of carbonyl (C=O) groups excluding carboxylic acids is 1. The molecule has 4 N–H and O–H groups in total. The van der Waals surface area contributed by atoms with E-state index in [0.717, 1.165) is 5.56 Å². The fraction of sp³-hybridized carbons (Fsp3) is 0.250. The molecule has 0 radical (unpaired) electrons. The second-order valence-electron chi connectivity index (χ2n) is 5.38. The van der Waals surface area contributed by atoms with Gasteiger partial charge >= 0.3 is 5.69 Å². The summed E-state index contributed by atoms with van der Waals surface area (Å²) in [5.41, 5.74) is 7.05. The third-order valence-electron chi connectivity index (χ3n) is 3.63. The van der Waals surface area contributed by atoms with Crippen LogP contribution >= 0.6 is 0 Å². The minimum atomic E-state index is -0.481. The Bertz CT molecular complexity index is 948. The van der Waals surface area contributed by atoms with Crippen LogP contribution in [0.3, 0.4) is 0 Å². The number of H-pyrrole nitrogens is 1. The van der Waals surface area contributed by atoms with Crippen molar-refractivity contribution in [1.82, 2.24) is 24.8 Å². The second-order valence-corrected chi connectivity index (χ2v) is 5.38. The van der Waals surface area contributed by atoms with Crippen LogP contribution in [-0.4, -0.2) is 45.7 Å². The quantitative estimate of drug-likeness (QED) is 0.546. The normalized spacial score (nSPS) is 10.9. The Morgan fingerprint density at radius 3 is 2.80 bits per heavy atom. The van der Waals surface area contributed by atoms with Crippen molar-refractivity contribution in [3.63, 3.8) is 0 Å². The first-order chi connectivity index (χ1) is 12.1. The molecule has 0 bridgehead atoms. The third-order valence-corrected chi connectivity index (χ3v) is 3.63. The van der Waals surface area contributed by atoms with E-state index in [1.807, 2.05) is 30.3 Å². The van der Waals surface area contributed by atoms with E-state index in [1.54, 1.807) is 0 Å². The lowest BCUT2D eigenvalue weighted by molar-refractivity contribution is 0.0927. The van der Waals surface area contributed by atoms with Gasteiger partial charge in [0.1, 0.15) is 5.52 Å². The molecule has 3 aromatic rings. The average molecular weight is 342 g/mol. The van der Waals surface area contributed by atoms with Crippen LogP contribution in [0.15, 0.2) is 35.1 Å². The molecule has 25 heavy (non-hydrogen) atoms. The van der Waals surface area contributed by atoms with Crippen LogP contribution in [0, 0.1) is 0 Å². The first kappa shape index (κ1) is 16.7. The Labute approximate surface area is 142 Å². The van der Waals surface area contributed by atoms with Gasteiger partial charge in [-0.3, -0.25) is 9.36 Å². The maximum absolute atomic E-state index is 12.3. The number of nitrogen functional groups attached to an aromatic ring is 1. The highest BCUT2D eigenvalue weighted by Crippen LogP contribution is 2.15. The standard InChI is InChI=1S/C16H18N6O3/c1-25-8-7-18-15(23)13-20-12(17)11-14(21-13)22(16(24)19-11)9-10-5-3-2-4-6-10/h2-6H,7-9H2,1H3,(H,18,23)(H,19,24)(H2,17,20,21). The van der Waals surface area contributed by atoms with Crippen molar-refractivity contribution >= 4 is 22.9 Å². The van der Waals surface area contributed by atoms with Gasteiger partial charge in [-0.2, -0.15) is 0 Å². The first-order valence-corrected chi connectivity index (χ1v) is 7.67. The summed E-state index contributed by atoms with van der Waals surface area (Å²) in [4.78, 5) is 35.2. The Morgan fingerprint density at radius 1 is 1.32 bits per heavy atom. The number of anilines is 1. The lowest BCUT2D eigenvalue weighted by atomic mass is 10.2. The van der Waals surface area contributed by atoms with Gasteiger partial charge in [0.05, 0.1) is 13.2 Å². The Balaban J connectivity index is 1.99. The molecule has 0 saturated heterocycles. The number of ether oxygens (including phenoxy) is 1. The monoisotopic (exact) mass is 342 g/mol. The number of aromatic amines is 1. The zero-order valence-electron chi connectivity index (χ0n) is 13.7. The average Bonchev–Trinajstić information content (AvgIpc) is 2.92. The highest BCUT2D eigenvalue weighted by Gasteiger charge is 2.17. The number of fused-ring (bicyclic) bond motifs is 1. The smallest absolute Gasteiger partial charge is 0.328 e. The van der Waals surface area contributed by atoms with Crippen LogP contribution in [0.1, 0.15) is 16.2 Å². The van der Waals surface area contributed by atoms with Gasteiger partial charge in [-0.25, -0.2) is 14.8 Å². The molecule has 0 aliphatic heterocycles. The number of carbonyl (C=O) groups is 1. The van der Waals surface area contributed by atoms with Gasteiger partial charge in [-0.05, 0) is 5.56 Å². The molecular weight excluding hydrogens is 324 g/mol. The molecule has 0 saturated carbocycles. The maximum Gasteiger partial charge on any atom is 0.328 e. The van der Waals surface area contributed by atoms with E-state index in [-0.39, 0.29) is 17.3 Å². The number of rotatable bonds is 6. The Kier molecular flexibility index (Phi) is 4.75. The minimum absolute atomic E-state index is 0.0470. The number of methoxy groups -OCH3 is 1. The predicted molar refractivity (Wildman–Crippen MR) is 92.3 cm³/mol. The fourth-order valence-corrected chi connectivity index (χ4v) is 2.41. The number of aromatic nitrogens is 4. The molecule has 130 valence electrons. The van der Waals surface area contributed by atoms with Gasteiger partial charge in [0, 0.05) is 13.7 Å². The minimum Gasteiger partial charge on any atom is -0.383 e. The number of benzene rings is 1. The van der Waals surface area contributed by atoms with Crippen LogP contribution in [0.4, 0.5) is 5.82 Å². The molecule has 3 rings (SSSR count). The molecular formula is C16H18N6O3. The van der Waals surface area contributed by atoms with Gasteiger partial charge in [-0.15, -0.1) is 0 Å². The zero-order valence-corrected chi connectivity index (χ0v) is 13.7. The van der Waals surface area contributed by atoms with E-state index >= 15 is 0 Å². The number of imidazole rings is 1. The number of hydrogen-bond acceptors (Lipinski definition) is 6. The molecule has 0 fully saturated rings. The largest absolute Gasteiger partial charge is 0.383 e. The summed E-state index contributed by atoms with van der Waals surface area (Å²) in [6.07, 6.45) is 0. The van der Waals surface area contributed by atoms with Crippen molar-refractivity contribution in [3.05, 3.63) is 52.2 Å². The van der Waals surface area contributed by atoms with E-state index in [9.17, 15) is 9.59 Å². The SMILES string of the molecule is COCCNC(=O)c1nc(N)c2[nH]c(=O)n(Cc3ccccc3)c2n1. The van der Waals surface area contributed by atoms with Crippen molar-refractivity contribution in [3.8, 4) is 0 Å². The highest BCUT2D eigenvalue weighted by molar-refractivity contribution is 5.94. The lowest BCUT2D eigenvalue weighted by Gasteiger charge is -2.06. The summed E-state index contributed by atoms with van der Waals surface area (Å²) in [5, 5.41) is 2.63. The van der Waals surface area contributed by atoms with Gasteiger partial charge in [-0.1, -0.05) is 30.3 Å². The topological polar surface area (TPSA) is 128 Å². The predicted octanol–water partition coefficient (Wildman–Crippen LogP) is 0.126. The number of nitrogens with two attached hydrogens (primary N) is 1. The molecule has 1 aromatic carbocycles. The molecule has 0 spiro atoms. The summed E-state index contributed by atoms with van der Waals surface area (Å²) in [7, 11) is 1.54.